The Bertz CT molecular complexity index is 802. The lowest BCUT2D eigenvalue weighted by molar-refractivity contribution is -0.124. The van der Waals surface area contributed by atoms with E-state index in [4.69, 9.17) is 5.73 Å². The predicted octanol–water partition coefficient (Wildman–Crippen LogP) is 6.48. The van der Waals surface area contributed by atoms with Crippen LogP contribution in [-0.4, -0.2) is 115 Å². The standard InChI is InChI=1S/C14H30N2O.C12H27N3O.C12H26N2O.2CH4/c1-10(2)8-16(12(5)6)9-14(17)15-13(7)11(3)4;1-10(2)8-15(11(3)4)9-12(16)14-7-5-6-13;1-6-7-13-12(15)9-14(11(4)5)8-10(2)3;;/h10-13H,8-9H2,1-7H3,(H,15,17);10-11H,5-9,13H2,1-4H3,(H,14,16);10-11H,6-9H2,1-5H3,(H,13,15);2*1H4. The molecule has 0 spiro atoms. The Morgan fingerprint density at radius 3 is 1.12 bits per heavy atom. The molecule has 10 nitrogen and oxygen atoms in total. The molecule has 5 N–H and O–H groups in total. The molecule has 0 aromatic heterocycles. The van der Waals surface area contributed by atoms with Crippen LogP contribution in [0.4, 0.5) is 0 Å². The molecule has 0 radical (unpaired) electrons. The van der Waals surface area contributed by atoms with E-state index in [1.807, 2.05) is 0 Å². The van der Waals surface area contributed by atoms with Gasteiger partial charge in [-0.1, -0.05) is 77.2 Å². The first-order chi connectivity index (χ1) is 22.2. The second-order valence-electron chi connectivity index (χ2n) is 15.7. The molecule has 0 rings (SSSR count). The molecule has 0 aromatic carbocycles. The summed E-state index contributed by atoms with van der Waals surface area (Å²) in [6.07, 6.45) is 1.84. The second-order valence-corrected chi connectivity index (χ2v) is 15.7. The summed E-state index contributed by atoms with van der Waals surface area (Å²) in [4.78, 5) is 41.7. The van der Waals surface area contributed by atoms with Crippen molar-refractivity contribution in [2.75, 3.05) is 58.9 Å². The SMILES string of the molecule is C.C.CC(C)CN(CC(=O)NC(C)C(C)C)C(C)C.CC(C)CN(CC(=O)NCCCN)C(C)C.CCCNC(=O)CN(CC(C)C)C(C)C. The van der Waals surface area contributed by atoms with Crippen LogP contribution in [0, 0.1) is 23.7 Å². The maximum Gasteiger partial charge on any atom is 0.234 e. The fourth-order valence-corrected chi connectivity index (χ4v) is 4.51. The molecule has 10 heteroatoms. The van der Waals surface area contributed by atoms with E-state index >= 15 is 0 Å². The van der Waals surface area contributed by atoms with Gasteiger partial charge in [-0.3, -0.25) is 29.1 Å². The van der Waals surface area contributed by atoms with Crippen molar-refractivity contribution in [2.24, 2.45) is 29.4 Å². The van der Waals surface area contributed by atoms with E-state index in [9.17, 15) is 14.4 Å². The molecule has 50 heavy (non-hydrogen) atoms. The fourth-order valence-electron chi connectivity index (χ4n) is 4.51. The Balaban J connectivity index is -0.000000199. The number of nitrogens with two attached hydrogens (primary N) is 1. The normalized spacial score (nSPS) is 11.8. The van der Waals surface area contributed by atoms with Gasteiger partial charge in [0.15, 0.2) is 0 Å². The summed E-state index contributed by atoms with van der Waals surface area (Å²) in [6.45, 7) is 40.8. The van der Waals surface area contributed by atoms with Crippen LogP contribution in [-0.2, 0) is 14.4 Å². The first kappa shape index (κ1) is 57.6. The Kier molecular flexibility index (Phi) is 39.6. The van der Waals surface area contributed by atoms with Gasteiger partial charge in [-0.05, 0) is 91.5 Å². The van der Waals surface area contributed by atoms with Gasteiger partial charge in [0.2, 0.25) is 17.7 Å². The third-order valence-electron chi connectivity index (χ3n) is 7.69. The minimum atomic E-state index is 0. The summed E-state index contributed by atoms with van der Waals surface area (Å²) >= 11 is 0. The lowest BCUT2D eigenvalue weighted by Crippen LogP contribution is -2.45. The molecule has 0 saturated carbocycles. The molecule has 1 unspecified atom stereocenters. The zero-order chi connectivity index (χ0) is 38.0. The van der Waals surface area contributed by atoms with Crippen LogP contribution in [0.5, 0.6) is 0 Å². The number of amides is 3. The summed E-state index contributed by atoms with van der Waals surface area (Å²) in [5.41, 5.74) is 5.37. The van der Waals surface area contributed by atoms with Crippen molar-refractivity contribution < 1.29 is 14.4 Å². The molecule has 0 aliphatic heterocycles. The number of nitrogens with zero attached hydrogens (tertiary/aromatic N) is 3. The molecule has 0 aliphatic carbocycles. The van der Waals surface area contributed by atoms with Gasteiger partial charge >= 0.3 is 0 Å². The minimum Gasteiger partial charge on any atom is -0.355 e. The van der Waals surface area contributed by atoms with Gasteiger partial charge in [-0.25, -0.2) is 0 Å². The van der Waals surface area contributed by atoms with Gasteiger partial charge in [-0.2, -0.15) is 0 Å². The summed E-state index contributed by atoms with van der Waals surface area (Å²) in [5.74, 6) is 2.64. The average molecular weight is 718 g/mol. The molecular formula is C40H91N7O3. The number of rotatable bonds is 22. The Labute approximate surface area is 313 Å². The van der Waals surface area contributed by atoms with Gasteiger partial charge in [0.25, 0.3) is 0 Å². The number of carbonyl (C=O) groups excluding carboxylic acids is 3. The molecule has 304 valence electrons. The summed E-state index contributed by atoms with van der Waals surface area (Å²) in [5, 5.41) is 8.85. The van der Waals surface area contributed by atoms with E-state index in [0.29, 0.717) is 74.5 Å². The number of nitrogens with one attached hydrogen (secondary N) is 3. The van der Waals surface area contributed by atoms with E-state index in [0.717, 1.165) is 39.0 Å². The molecule has 0 fully saturated rings. The van der Waals surface area contributed by atoms with Gasteiger partial charge in [0.1, 0.15) is 0 Å². The third-order valence-corrected chi connectivity index (χ3v) is 7.69. The monoisotopic (exact) mass is 718 g/mol. The lowest BCUT2D eigenvalue weighted by Gasteiger charge is -2.28. The minimum absolute atomic E-state index is 0. The lowest BCUT2D eigenvalue weighted by atomic mass is 10.1. The highest BCUT2D eigenvalue weighted by atomic mass is 16.2. The molecule has 3 amide bonds. The Morgan fingerprint density at radius 1 is 0.540 bits per heavy atom. The maximum atomic E-state index is 11.9. The van der Waals surface area contributed by atoms with Crippen LogP contribution in [0.15, 0.2) is 0 Å². The number of hydrogen-bond donors (Lipinski definition) is 4. The number of carbonyl (C=O) groups is 3. The van der Waals surface area contributed by atoms with E-state index < -0.39 is 0 Å². The van der Waals surface area contributed by atoms with Gasteiger partial charge in [-0.15, -0.1) is 0 Å². The predicted molar refractivity (Wildman–Crippen MR) is 221 cm³/mol. The van der Waals surface area contributed by atoms with Gasteiger partial charge in [0, 0.05) is 56.9 Å². The summed E-state index contributed by atoms with van der Waals surface area (Å²) in [7, 11) is 0. The van der Waals surface area contributed by atoms with Crippen molar-refractivity contribution >= 4 is 17.7 Å². The highest BCUT2D eigenvalue weighted by Gasteiger charge is 2.18. The average Bonchev–Trinajstić information content (AvgIpc) is 2.94. The van der Waals surface area contributed by atoms with Crippen molar-refractivity contribution in [1.82, 2.24) is 30.7 Å². The largest absolute Gasteiger partial charge is 0.355 e. The van der Waals surface area contributed by atoms with Crippen LogP contribution in [0.25, 0.3) is 0 Å². The summed E-state index contributed by atoms with van der Waals surface area (Å²) < 4.78 is 0. The van der Waals surface area contributed by atoms with Crippen molar-refractivity contribution in [2.45, 2.75) is 163 Å². The maximum absolute atomic E-state index is 11.9. The molecule has 0 heterocycles. The molecule has 0 saturated heterocycles. The molecule has 0 bridgehead atoms. The quantitative estimate of drug-likeness (QED) is 0.0946. The van der Waals surface area contributed by atoms with E-state index in [2.05, 4.69) is 141 Å². The van der Waals surface area contributed by atoms with Gasteiger partial charge in [0.05, 0.1) is 19.6 Å². The van der Waals surface area contributed by atoms with Crippen molar-refractivity contribution in [3.05, 3.63) is 0 Å². The van der Waals surface area contributed by atoms with Crippen LogP contribution < -0.4 is 21.7 Å². The summed E-state index contributed by atoms with van der Waals surface area (Å²) in [6, 6.07) is 1.50. The van der Waals surface area contributed by atoms with Crippen molar-refractivity contribution in [1.29, 1.82) is 0 Å². The van der Waals surface area contributed by atoms with Crippen LogP contribution in [0.1, 0.15) is 138 Å². The first-order valence-electron chi connectivity index (χ1n) is 18.9. The van der Waals surface area contributed by atoms with E-state index in [-0.39, 0.29) is 38.6 Å². The van der Waals surface area contributed by atoms with E-state index in [1.54, 1.807) is 0 Å². The highest BCUT2D eigenvalue weighted by Crippen LogP contribution is 2.06. The van der Waals surface area contributed by atoms with Crippen molar-refractivity contribution in [3.8, 4) is 0 Å². The molecular weight excluding hydrogens is 626 g/mol. The third kappa shape index (κ3) is 36.1. The second kappa shape index (κ2) is 34.3. The van der Waals surface area contributed by atoms with Crippen LogP contribution >= 0.6 is 0 Å². The van der Waals surface area contributed by atoms with E-state index in [1.165, 1.54) is 0 Å². The molecule has 0 aromatic rings. The Morgan fingerprint density at radius 2 is 0.860 bits per heavy atom. The van der Waals surface area contributed by atoms with Crippen LogP contribution in [0.3, 0.4) is 0 Å². The highest BCUT2D eigenvalue weighted by molar-refractivity contribution is 5.78. The van der Waals surface area contributed by atoms with Crippen molar-refractivity contribution in [3.63, 3.8) is 0 Å². The molecule has 1 atom stereocenters. The zero-order valence-electron chi connectivity index (χ0n) is 34.5. The topological polar surface area (TPSA) is 123 Å². The zero-order valence-corrected chi connectivity index (χ0v) is 34.5. The molecule has 0 aliphatic rings. The Hall–Kier alpha value is -1.75. The fraction of sp³-hybridized carbons (Fsp3) is 0.925. The number of hydrogen-bond acceptors (Lipinski definition) is 7. The smallest absolute Gasteiger partial charge is 0.234 e. The van der Waals surface area contributed by atoms with Crippen LogP contribution in [0.2, 0.25) is 0 Å². The first-order valence-corrected chi connectivity index (χ1v) is 18.9. The van der Waals surface area contributed by atoms with Gasteiger partial charge < -0.3 is 21.7 Å².